The first kappa shape index (κ1) is 16.6. The Morgan fingerprint density at radius 3 is 2.85 bits per heavy atom. The van der Waals surface area contributed by atoms with E-state index in [1.54, 1.807) is 18.2 Å². The van der Waals surface area contributed by atoms with Crippen LogP contribution in [0.2, 0.25) is 0 Å². The van der Waals surface area contributed by atoms with Gasteiger partial charge in [-0.1, -0.05) is 30.3 Å². The van der Waals surface area contributed by atoms with Crippen LogP contribution < -0.4 is 10.6 Å². The van der Waals surface area contributed by atoms with Crippen molar-refractivity contribution in [3.63, 3.8) is 0 Å². The molecule has 0 fully saturated rings. The van der Waals surface area contributed by atoms with E-state index in [2.05, 4.69) is 21.7 Å². The molecule has 2 atom stereocenters. The van der Waals surface area contributed by atoms with E-state index in [9.17, 15) is 9.90 Å². The fourth-order valence-corrected chi connectivity index (χ4v) is 3.67. The van der Waals surface area contributed by atoms with Gasteiger partial charge in [-0.05, 0) is 35.7 Å². The quantitative estimate of drug-likeness (QED) is 0.493. The summed E-state index contributed by atoms with van der Waals surface area (Å²) in [6.07, 6.45) is 0.561. The molecule has 5 N–H and O–H groups in total. The molecule has 0 radical (unpaired) electrons. The van der Waals surface area contributed by atoms with Crippen molar-refractivity contribution in [3.8, 4) is 5.75 Å². The van der Waals surface area contributed by atoms with Crippen molar-refractivity contribution in [3.05, 3.63) is 65.4 Å². The number of aromatic nitrogens is 1. The number of carbonyl (C=O) groups is 1. The number of amides is 1. The van der Waals surface area contributed by atoms with Gasteiger partial charge in [0.2, 0.25) is 5.91 Å². The number of H-pyrrole nitrogens is 1. The predicted molar refractivity (Wildman–Crippen MR) is 99.0 cm³/mol. The van der Waals surface area contributed by atoms with Crippen molar-refractivity contribution >= 4 is 16.8 Å². The van der Waals surface area contributed by atoms with Gasteiger partial charge < -0.3 is 20.5 Å². The van der Waals surface area contributed by atoms with E-state index >= 15 is 0 Å². The van der Waals surface area contributed by atoms with Gasteiger partial charge >= 0.3 is 0 Å². The molecule has 4 rings (SSSR count). The lowest BCUT2D eigenvalue weighted by Gasteiger charge is -2.31. The van der Waals surface area contributed by atoms with Gasteiger partial charge in [-0.15, -0.1) is 0 Å². The average molecular weight is 351 g/mol. The second-order valence-electron chi connectivity index (χ2n) is 6.53. The third-order valence-electron chi connectivity index (χ3n) is 4.84. The minimum absolute atomic E-state index is 0.0905. The molecule has 0 saturated heterocycles. The Kier molecular flexibility index (Phi) is 4.36. The predicted octanol–water partition coefficient (Wildman–Crippen LogP) is 1.59. The zero-order valence-electron chi connectivity index (χ0n) is 14.2. The molecule has 1 amide bonds. The van der Waals surface area contributed by atoms with Gasteiger partial charge in [-0.3, -0.25) is 10.1 Å². The van der Waals surface area contributed by atoms with Crippen molar-refractivity contribution in [1.82, 2.24) is 15.6 Å². The molecule has 6 nitrogen and oxygen atoms in total. The summed E-state index contributed by atoms with van der Waals surface area (Å²) in [5, 5.41) is 26.1. The summed E-state index contributed by atoms with van der Waals surface area (Å²) in [7, 11) is 0. The Bertz CT molecular complexity index is 950. The van der Waals surface area contributed by atoms with E-state index in [1.807, 2.05) is 24.3 Å². The number of hydrogen-bond donors (Lipinski definition) is 5. The molecule has 0 saturated carbocycles. The fourth-order valence-electron chi connectivity index (χ4n) is 3.67. The normalized spacial score (nSPS) is 19.3. The largest absolute Gasteiger partial charge is 0.508 e. The molecule has 2 heterocycles. The summed E-state index contributed by atoms with van der Waals surface area (Å²) < 4.78 is 0. The number of para-hydroxylation sites is 1. The minimum Gasteiger partial charge on any atom is -0.508 e. The van der Waals surface area contributed by atoms with Gasteiger partial charge in [0.15, 0.2) is 0 Å². The highest BCUT2D eigenvalue weighted by molar-refractivity contribution is 5.88. The second-order valence-corrected chi connectivity index (χ2v) is 6.53. The van der Waals surface area contributed by atoms with Crippen LogP contribution in [0.3, 0.4) is 0 Å². The fraction of sp³-hybridized carbons (Fsp3) is 0.250. The van der Waals surface area contributed by atoms with Gasteiger partial charge in [-0.2, -0.15) is 0 Å². The molecule has 6 heteroatoms. The number of aliphatic hydroxyl groups is 1. The van der Waals surface area contributed by atoms with Crippen molar-refractivity contribution in [1.29, 1.82) is 0 Å². The Balaban J connectivity index is 1.79. The van der Waals surface area contributed by atoms with Crippen LogP contribution >= 0.6 is 0 Å². The molecule has 3 aromatic rings. The lowest BCUT2D eigenvalue weighted by atomic mass is 9.90. The summed E-state index contributed by atoms with van der Waals surface area (Å²) in [5.41, 5.74) is 4.04. The molecule has 1 aliphatic rings. The Labute approximate surface area is 150 Å². The van der Waals surface area contributed by atoms with Crippen molar-refractivity contribution in [2.24, 2.45) is 0 Å². The molecule has 2 aromatic carbocycles. The molecule has 26 heavy (non-hydrogen) atoms. The third-order valence-corrected chi connectivity index (χ3v) is 4.84. The molecule has 134 valence electrons. The molecule has 0 spiro atoms. The number of nitrogens with one attached hydrogen (secondary N) is 3. The topological polar surface area (TPSA) is 97.4 Å². The SMILES string of the molecule is O=C(NCCO)C1Cc2c([nH]c3ccccc23)C(c2cccc(O)c2)N1. The van der Waals surface area contributed by atoms with Gasteiger partial charge in [0, 0.05) is 23.1 Å². The van der Waals surface area contributed by atoms with Crippen LogP contribution in [0.4, 0.5) is 0 Å². The maximum absolute atomic E-state index is 12.5. The van der Waals surface area contributed by atoms with Gasteiger partial charge in [0.25, 0.3) is 0 Å². The van der Waals surface area contributed by atoms with Crippen molar-refractivity contribution in [2.45, 2.75) is 18.5 Å². The molecule has 1 aliphatic heterocycles. The highest BCUT2D eigenvalue weighted by Gasteiger charge is 2.33. The number of aromatic amines is 1. The smallest absolute Gasteiger partial charge is 0.237 e. The van der Waals surface area contributed by atoms with Gasteiger partial charge in [0.1, 0.15) is 5.75 Å². The summed E-state index contributed by atoms with van der Waals surface area (Å²) in [5.74, 6) is 0.0500. The van der Waals surface area contributed by atoms with E-state index in [4.69, 9.17) is 5.11 Å². The summed E-state index contributed by atoms with van der Waals surface area (Å²) in [6.45, 7) is 0.140. The Morgan fingerprint density at radius 1 is 1.19 bits per heavy atom. The van der Waals surface area contributed by atoms with Crippen molar-refractivity contribution in [2.75, 3.05) is 13.2 Å². The van der Waals surface area contributed by atoms with E-state index in [1.165, 1.54) is 0 Å². The van der Waals surface area contributed by atoms with Crippen LogP contribution in [-0.2, 0) is 11.2 Å². The molecular weight excluding hydrogens is 330 g/mol. The van der Waals surface area contributed by atoms with E-state index in [0.717, 1.165) is 27.7 Å². The maximum atomic E-state index is 12.5. The first-order chi connectivity index (χ1) is 12.7. The van der Waals surface area contributed by atoms with Crippen LogP contribution in [0, 0.1) is 0 Å². The first-order valence-corrected chi connectivity index (χ1v) is 8.70. The molecule has 1 aromatic heterocycles. The van der Waals surface area contributed by atoms with Gasteiger partial charge in [-0.25, -0.2) is 0 Å². The van der Waals surface area contributed by atoms with Crippen LogP contribution in [-0.4, -0.2) is 40.3 Å². The molecular formula is C20H21N3O3. The van der Waals surface area contributed by atoms with Crippen LogP contribution in [0.15, 0.2) is 48.5 Å². The number of fused-ring (bicyclic) bond motifs is 3. The standard InChI is InChI=1S/C20H21N3O3/c24-9-8-21-20(26)17-11-15-14-6-1-2-7-16(14)22-19(15)18(23-17)12-4-3-5-13(25)10-12/h1-7,10,17-18,22-25H,8-9,11H2,(H,21,26). The van der Waals surface area contributed by atoms with E-state index in [0.29, 0.717) is 6.42 Å². The van der Waals surface area contributed by atoms with Crippen molar-refractivity contribution < 1.29 is 15.0 Å². The minimum atomic E-state index is -0.416. The maximum Gasteiger partial charge on any atom is 0.237 e. The number of carbonyl (C=O) groups excluding carboxylic acids is 1. The third kappa shape index (κ3) is 2.94. The lowest BCUT2D eigenvalue weighted by molar-refractivity contribution is -0.123. The van der Waals surface area contributed by atoms with E-state index < -0.39 is 6.04 Å². The number of aromatic hydroxyl groups is 1. The molecule has 2 unspecified atom stereocenters. The second kappa shape index (κ2) is 6.82. The summed E-state index contributed by atoms with van der Waals surface area (Å²) in [6, 6.07) is 14.5. The Morgan fingerprint density at radius 2 is 2.04 bits per heavy atom. The lowest BCUT2D eigenvalue weighted by Crippen LogP contribution is -2.50. The average Bonchev–Trinajstić information content (AvgIpc) is 3.04. The highest BCUT2D eigenvalue weighted by atomic mass is 16.3. The molecule has 0 aliphatic carbocycles. The zero-order valence-corrected chi connectivity index (χ0v) is 14.2. The number of benzene rings is 2. The molecule has 0 bridgehead atoms. The first-order valence-electron chi connectivity index (χ1n) is 8.70. The number of hydrogen-bond acceptors (Lipinski definition) is 4. The van der Waals surface area contributed by atoms with Crippen LogP contribution in [0.5, 0.6) is 5.75 Å². The van der Waals surface area contributed by atoms with Crippen LogP contribution in [0.1, 0.15) is 22.9 Å². The summed E-state index contributed by atoms with van der Waals surface area (Å²) in [4.78, 5) is 16.0. The summed E-state index contributed by atoms with van der Waals surface area (Å²) >= 11 is 0. The van der Waals surface area contributed by atoms with Crippen LogP contribution in [0.25, 0.3) is 10.9 Å². The van der Waals surface area contributed by atoms with Gasteiger partial charge in [0.05, 0.1) is 18.7 Å². The van der Waals surface area contributed by atoms with E-state index in [-0.39, 0.29) is 30.9 Å². The highest BCUT2D eigenvalue weighted by Crippen LogP contribution is 2.35. The number of rotatable bonds is 4. The number of phenols is 1. The number of phenolic OH excluding ortho intramolecular Hbond substituents is 1. The zero-order chi connectivity index (χ0) is 18.1. The number of aliphatic hydroxyl groups excluding tert-OH is 1. The Hall–Kier alpha value is -2.83. The monoisotopic (exact) mass is 351 g/mol.